The Balaban J connectivity index is 2.64. The standard InChI is InChI=1S/C16H23N3O/c1-5-18-14(10-11(2)3)15(17)16(20)19(18)13-8-6-12(4)7-9-13/h6-9,11H,5,10,17H2,1-4H3. The molecule has 2 rings (SSSR count). The third kappa shape index (κ3) is 2.50. The first-order chi connectivity index (χ1) is 9.45. The molecule has 2 N–H and O–H groups in total. The van der Waals surface area contributed by atoms with E-state index in [1.54, 1.807) is 4.68 Å². The van der Waals surface area contributed by atoms with Crippen LogP contribution in [0.4, 0.5) is 5.69 Å². The van der Waals surface area contributed by atoms with Crippen LogP contribution < -0.4 is 11.3 Å². The summed E-state index contributed by atoms with van der Waals surface area (Å²) in [5, 5.41) is 0. The summed E-state index contributed by atoms with van der Waals surface area (Å²) in [7, 11) is 0. The van der Waals surface area contributed by atoms with Crippen LogP contribution >= 0.6 is 0 Å². The Morgan fingerprint density at radius 3 is 2.30 bits per heavy atom. The van der Waals surface area contributed by atoms with Gasteiger partial charge in [0.1, 0.15) is 5.69 Å². The lowest BCUT2D eigenvalue weighted by atomic mass is 10.1. The zero-order valence-corrected chi connectivity index (χ0v) is 12.7. The minimum Gasteiger partial charge on any atom is -0.393 e. The lowest BCUT2D eigenvalue weighted by Crippen LogP contribution is -2.22. The van der Waals surface area contributed by atoms with Crippen molar-refractivity contribution in [2.24, 2.45) is 5.92 Å². The largest absolute Gasteiger partial charge is 0.393 e. The van der Waals surface area contributed by atoms with Crippen LogP contribution in [0.5, 0.6) is 0 Å². The van der Waals surface area contributed by atoms with Crippen molar-refractivity contribution in [3.8, 4) is 5.69 Å². The molecule has 0 aliphatic carbocycles. The van der Waals surface area contributed by atoms with E-state index in [0.717, 1.165) is 24.3 Å². The highest BCUT2D eigenvalue weighted by Gasteiger charge is 2.18. The van der Waals surface area contributed by atoms with E-state index in [1.165, 1.54) is 5.56 Å². The van der Waals surface area contributed by atoms with Crippen molar-refractivity contribution in [1.82, 2.24) is 9.36 Å². The third-order valence-electron chi connectivity index (χ3n) is 3.47. The molecule has 0 aliphatic rings. The van der Waals surface area contributed by atoms with Crippen LogP contribution in [-0.2, 0) is 13.0 Å². The number of rotatable bonds is 4. The molecule has 0 spiro atoms. The van der Waals surface area contributed by atoms with Crippen LogP contribution in [0, 0.1) is 12.8 Å². The summed E-state index contributed by atoms with van der Waals surface area (Å²) >= 11 is 0. The Hall–Kier alpha value is -1.97. The molecule has 0 bridgehead atoms. The van der Waals surface area contributed by atoms with Gasteiger partial charge in [0.15, 0.2) is 0 Å². The third-order valence-corrected chi connectivity index (χ3v) is 3.47. The average molecular weight is 273 g/mol. The van der Waals surface area contributed by atoms with Crippen molar-refractivity contribution in [3.63, 3.8) is 0 Å². The van der Waals surface area contributed by atoms with Crippen molar-refractivity contribution >= 4 is 5.69 Å². The average Bonchev–Trinajstić information content (AvgIpc) is 2.64. The highest BCUT2D eigenvalue weighted by atomic mass is 16.1. The molecule has 0 saturated carbocycles. The van der Waals surface area contributed by atoms with E-state index in [9.17, 15) is 4.79 Å². The van der Waals surface area contributed by atoms with Gasteiger partial charge in [-0.3, -0.25) is 9.48 Å². The van der Waals surface area contributed by atoms with Crippen LogP contribution in [0.3, 0.4) is 0 Å². The zero-order chi connectivity index (χ0) is 14.9. The molecule has 0 unspecified atom stereocenters. The number of nitrogens with two attached hydrogens (primary N) is 1. The monoisotopic (exact) mass is 273 g/mol. The number of benzene rings is 1. The summed E-state index contributed by atoms with van der Waals surface area (Å²) in [6, 6.07) is 7.93. The number of anilines is 1. The highest BCUT2D eigenvalue weighted by Crippen LogP contribution is 2.17. The maximum Gasteiger partial charge on any atom is 0.294 e. The fraction of sp³-hybridized carbons (Fsp3) is 0.438. The maximum absolute atomic E-state index is 12.5. The van der Waals surface area contributed by atoms with Crippen LogP contribution in [0.25, 0.3) is 5.69 Å². The molecule has 0 atom stereocenters. The van der Waals surface area contributed by atoms with Crippen LogP contribution in [0.1, 0.15) is 32.0 Å². The molecular weight excluding hydrogens is 250 g/mol. The molecule has 0 aliphatic heterocycles. The van der Waals surface area contributed by atoms with E-state index in [1.807, 2.05) is 42.8 Å². The summed E-state index contributed by atoms with van der Waals surface area (Å²) in [6.45, 7) is 9.06. The summed E-state index contributed by atoms with van der Waals surface area (Å²) in [6.07, 6.45) is 0.813. The summed E-state index contributed by atoms with van der Waals surface area (Å²) in [5.74, 6) is 0.461. The molecule has 0 radical (unpaired) electrons. The maximum atomic E-state index is 12.5. The van der Waals surface area contributed by atoms with Gasteiger partial charge >= 0.3 is 0 Å². The van der Waals surface area contributed by atoms with Gasteiger partial charge in [-0.2, -0.15) is 0 Å². The van der Waals surface area contributed by atoms with Gasteiger partial charge in [0.05, 0.1) is 11.4 Å². The normalized spacial score (nSPS) is 11.2. The Kier molecular flexibility index (Phi) is 4.02. The second kappa shape index (κ2) is 5.57. The van der Waals surface area contributed by atoms with Gasteiger partial charge in [0.2, 0.25) is 0 Å². The Labute approximate surface area is 119 Å². The molecule has 108 valence electrons. The first-order valence-corrected chi connectivity index (χ1v) is 7.12. The molecular formula is C16H23N3O. The number of nitrogens with zero attached hydrogens (tertiary/aromatic N) is 2. The molecule has 1 heterocycles. The van der Waals surface area contributed by atoms with Crippen LogP contribution in [-0.4, -0.2) is 9.36 Å². The quantitative estimate of drug-likeness (QED) is 0.931. The fourth-order valence-corrected chi connectivity index (χ4v) is 2.48. The molecule has 20 heavy (non-hydrogen) atoms. The highest BCUT2D eigenvalue weighted by molar-refractivity contribution is 5.46. The minimum absolute atomic E-state index is 0.119. The number of hydrogen-bond donors (Lipinski definition) is 1. The SMILES string of the molecule is CCn1c(CC(C)C)c(N)c(=O)n1-c1ccc(C)cc1. The van der Waals surface area contributed by atoms with Crippen molar-refractivity contribution in [2.45, 2.75) is 40.7 Å². The molecule has 0 saturated heterocycles. The first-order valence-electron chi connectivity index (χ1n) is 7.12. The predicted molar refractivity (Wildman–Crippen MR) is 83.4 cm³/mol. The van der Waals surface area contributed by atoms with Crippen molar-refractivity contribution in [1.29, 1.82) is 0 Å². The lowest BCUT2D eigenvalue weighted by Gasteiger charge is -2.14. The molecule has 2 aromatic rings. The van der Waals surface area contributed by atoms with E-state index in [-0.39, 0.29) is 5.56 Å². The first kappa shape index (κ1) is 14.4. The number of aryl methyl sites for hydroxylation is 1. The smallest absolute Gasteiger partial charge is 0.294 e. The molecule has 4 nitrogen and oxygen atoms in total. The van der Waals surface area contributed by atoms with Crippen molar-refractivity contribution < 1.29 is 0 Å². The summed E-state index contributed by atoms with van der Waals surface area (Å²) < 4.78 is 3.68. The molecule has 1 aromatic carbocycles. The van der Waals surface area contributed by atoms with Crippen LogP contribution in [0.2, 0.25) is 0 Å². The van der Waals surface area contributed by atoms with E-state index >= 15 is 0 Å². The Morgan fingerprint density at radius 1 is 1.20 bits per heavy atom. The van der Waals surface area contributed by atoms with Gasteiger partial charge in [-0.15, -0.1) is 0 Å². The molecule has 4 heteroatoms. The lowest BCUT2D eigenvalue weighted by molar-refractivity contribution is 0.519. The van der Waals surface area contributed by atoms with Gasteiger partial charge in [-0.25, -0.2) is 4.68 Å². The Morgan fingerprint density at radius 2 is 1.80 bits per heavy atom. The minimum atomic E-state index is -0.119. The van der Waals surface area contributed by atoms with Gasteiger partial charge in [-0.05, 0) is 38.3 Å². The van der Waals surface area contributed by atoms with E-state index in [0.29, 0.717) is 11.6 Å². The number of aromatic nitrogens is 2. The fourth-order valence-electron chi connectivity index (χ4n) is 2.48. The molecule has 0 fully saturated rings. The van der Waals surface area contributed by atoms with E-state index in [2.05, 4.69) is 13.8 Å². The molecule has 1 aromatic heterocycles. The van der Waals surface area contributed by atoms with Gasteiger partial charge in [0.25, 0.3) is 5.56 Å². The predicted octanol–water partition coefficient (Wildman–Crippen LogP) is 2.75. The Bertz CT molecular complexity index is 648. The van der Waals surface area contributed by atoms with Crippen molar-refractivity contribution in [2.75, 3.05) is 5.73 Å². The number of hydrogen-bond acceptors (Lipinski definition) is 2. The summed E-state index contributed by atoms with van der Waals surface area (Å²) in [5.41, 5.74) is 9.27. The molecule has 0 amide bonds. The van der Waals surface area contributed by atoms with E-state index in [4.69, 9.17) is 5.73 Å². The summed E-state index contributed by atoms with van der Waals surface area (Å²) in [4.78, 5) is 12.5. The van der Waals surface area contributed by atoms with Gasteiger partial charge < -0.3 is 5.73 Å². The van der Waals surface area contributed by atoms with Crippen LogP contribution in [0.15, 0.2) is 29.1 Å². The second-order valence-corrected chi connectivity index (χ2v) is 5.63. The van der Waals surface area contributed by atoms with Crippen molar-refractivity contribution in [3.05, 3.63) is 45.9 Å². The topological polar surface area (TPSA) is 52.9 Å². The van der Waals surface area contributed by atoms with Gasteiger partial charge in [0, 0.05) is 6.54 Å². The second-order valence-electron chi connectivity index (χ2n) is 5.63. The van der Waals surface area contributed by atoms with Gasteiger partial charge in [-0.1, -0.05) is 31.5 Å². The number of nitrogen functional groups attached to an aromatic ring is 1. The van der Waals surface area contributed by atoms with E-state index < -0.39 is 0 Å². The zero-order valence-electron chi connectivity index (χ0n) is 12.7.